The number of aromatic amines is 1. The molecule has 4 nitrogen and oxygen atoms in total. The van der Waals surface area contributed by atoms with Gasteiger partial charge in [-0.25, -0.2) is 18.7 Å². The zero-order valence-electron chi connectivity index (χ0n) is 13.8. The predicted molar refractivity (Wildman–Crippen MR) is 89.4 cm³/mol. The van der Waals surface area contributed by atoms with Gasteiger partial charge in [-0.1, -0.05) is 27.3 Å². The van der Waals surface area contributed by atoms with Gasteiger partial charge in [0.15, 0.2) is 17.3 Å². The van der Waals surface area contributed by atoms with E-state index in [0.29, 0.717) is 11.0 Å². The Bertz CT molecular complexity index is 918. The van der Waals surface area contributed by atoms with Crippen LogP contribution in [0.2, 0.25) is 11.6 Å². The van der Waals surface area contributed by atoms with E-state index >= 15 is 4.39 Å². The van der Waals surface area contributed by atoms with E-state index < -0.39 is 26.4 Å². The van der Waals surface area contributed by atoms with E-state index in [0.717, 1.165) is 0 Å². The van der Waals surface area contributed by atoms with Gasteiger partial charge in [0.05, 0.1) is 8.80 Å². The SMILES string of the molecule is C[Si@@H](c1c(F)c(F)nc(-c2n[nH]c3ncccc23)c1F)C(C)(C)C. The standard InChI is InChI=1S/C16H17F3N4Si/c1-16(2,3)24(4)13-9(17)12(21-14(19)10(13)18)11-8-6-5-7-20-15(8)23-22-11/h5-7,24H,1-4H3,(H,20,22,23)/t24-/m0/s1. The average molecular weight is 350 g/mol. The van der Waals surface area contributed by atoms with Gasteiger partial charge in [0, 0.05) is 16.8 Å². The molecule has 3 aromatic rings. The quantitative estimate of drug-likeness (QED) is 0.570. The Morgan fingerprint density at radius 1 is 1.08 bits per heavy atom. The molecule has 0 saturated heterocycles. The van der Waals surface area contributed by atoms with Gasteiger partial charge in [-0.2, -0.15) is 9.49 Å². The molecule has 0 amide bonds. The van der Waals surface area contributed by atoms with Crippen LogP contribution in [-0.4, -0.2) is 29.0 Å². The smallest absolute Gasteiger partial charge is 0.249 e. The third kappa shape index (κ3) is 2.60. The summed E-state index contributed by atoms with van der Waals surface area (Å²) in [5, 5.41) is 6.66. The summed E-state index contributed by atoms with van der Waals surface area (Å²) in [6, 6.07) is 3.33. The van der Waals surface area contributed by atoms with Crippen LogP contribution in [0.4, 0.5) is 13.2 Å². The molecule has 0 aliphatic heterocycles. The van der Waals surface area contributed by atoms with E-state index in [4.69, 9.17) is 0 Å². The van der Waals surface area contributed by atoms with Gasteiger partial charge in [-0.3, -0.25) is 5.10 Å². The van der Waals surface area contributed by atoms with Gasteiger partial charge in [0.1, 0.15) is 11.4 Å². The summed E-state index contributed by atoms with van der Waals surface area (Å²) < 4.78 is 43.4. The largest absolute Gasteiger partial charge is 0.260 e. The van der Waals surface area contributed by atoms with Crippen molar-refractivity contribution in [2.45, 2.75) is 32.4 Å². The van der Waals surface area contributed by atoms with E-state index in [1.54, 1.807) is 24.9 Å². The average Bonchev–Trinajstić information content (AvgIpc) is 2.94. The first kappa shape index (κ1) is 16.6. The summed E-state index contributed by atoms with van der Waals surface area (Å²) in [5.41, 5.74) is 0.277. The summed E-state index contributed by atoms with van der Waals surface area (Å²) in [6.07, 6.45) is 1.55. The van der Waals surface area contributed by atoms with E-state index in [2.05, 4.69) is 20.2 Å². The van der Waals surface area contributed by atoms with Crippen molar-refractivity contribution in [3.8, 4) is 11.4 Å². The maximum Gasteiger partial charge on any atom is 0.249 e. The lowest BCUT2D eigenvalue weighted by atomic mass is 10.2. The van der Waals surface area contributed by atoms with Gasteiger partial charge < -0.3 is 0 Å². The first-order valence-electron chi connectivity index (χ1n) is 7.55. The van der Waals surface area contributed by atoms with Crippen molar-refractivity contribution in [1.29, 1.82) is 0 Å². The highest BCUT2D eigenvalue weighted by Crippen LogP contribution is 2.31. The molecule has 0 aliphatic carbocycles. The molecule has 0 aliphatic rings. The molecule has 126 valence electrons. The van der Waals surface area contributed by atoms with Crippen LogP contribution >= 0.6 is 0 Å². The van der Waals surface area contributed by atoms with Crippen molar-refractivity contribution in [3.05, 3.63) is 35.9 Å². The van der Waals surface area contributed by atoms with Crippen LogP contribution in [0.5, 0.6) is 0 Å². The van der Waals surface area contributed by atoms with Crippen molar-refractivity contribution < 1.29 is 13.2 Å². The summed E-state index contributed by atoms with van der Waals surface area (Å²) in [4.78, 5) is 7.55. The maximum absolute atomic E-state index is 15.1. The third-order valence-electron chi connectivity index (χ3n) is 4.36. The molecule has 3 rings (SSSR count). The van der Waals surface area contributed by atoms with E-state index in [1.165, 1.54) is 0 Å². The molecule has 0 fully saturated rings. The van der Waals surface area contributed by atoms with Crippen molar-refractivity contribution in [3.63, 3.8) is 0 Å². The van der Waals surface area contributed by atoms with Crippen LogP contribution in [-0.2, 0) is 0 Å². The Hall–Kier alpha value is -2.22. The third-order valence-corrected chi connectivity index (χ3v) is 8.34. The van der Waals surface area contributed by atoms with Crippen LogP contribution < -0.4 is 5.19 Å². The number of nitrogens with zero attached hydrogens (tertiary/aromatic N) is 3. The molecule has 1 N–H and O–H groups in total. The first-order chi connectivity index (χ1) is 11.2. The number of pyridine rings is 2. The van der Waals surface area contributed by atoms with Gasteiger partial charge in [-0.15, -0.1) is 0 Å². The number of aromatic nitrogens is 4. The van der Waals surface area contributed by atoms with Gasteiger partial charge in [-0.05, 0) is 17.2 Å². The van der Waals surface area contributed by atoms with Crippen molar-refractivity contribution in [2.24, 2.45) is 0 Å². The minimum absolute atomic E-state index is 0.130. The van der Waals surface area contributed by atoms with Crippen LogP contribution in [0, 0.1) is 17.6 Å². The van der Waals surface area contributed by atoms with Crippen molar-refractivity contribution in [1.82, 2.24) is 20.2 Å². The van der Waals surface area contributed by atoms with Crippen LogP contribution in [0.1, 0.15) is 20.8 Å². The molecule has 3 heterocycles. The second kappa shape index (κ2) is 5.69. The monoisotopic (exact) mass is 350 g/mol. The number of fused-ring (bicyclic) bond motifs is 1. The van der Waals surface area contributed by atoms with Crippen LogP contribution in [0.25, 0.3) is 22.4 Å². The number of hydrogen-bond donors (Lipinski definition) is 1. The molecule has 3 aromatic heterocycles. The molecule has 8 heteroatoms. The number of hydrogen-bond acceptors (Lipinski definition) is 3. The molecule has 0 spiro atoms. The maximum atomic E-state index is 15.1. The van der Waals surface area contributed by atoms with Crippen molar-refractivity contribution >= 4 is 25.0 Å². The predicted octanol–water partition coefficient (Wildman–Crippen LogP) is 3.30. The number of rotatable bonds is 2. The van der Waals surface area contributed by atoms with Crippen molar-refractivity contribution in [2.75, 3.05) is 0 Å². The van der Waals surface area contributed by atoms with E-state index in [-0.39, 0.29) is 21.6 Å². The van der Waals surface area contributed by atoms with Crippen LogP contribution in [0.3, 0.4) is 0 Å². The molecule has 24 heavy (non-hydrogen) atoms. The normalized spacial score (nSPS) is 13.5. The van der Waals surface area contributed by atoms with Crippen LogP contribution in [0.15, 0.2) is 18.3 Å². The van der Waals surface area contributed by atoms with Gasteiger partial charge in [0.25, 0.3) is 0 Å². The Morgan fingerprint density at radius 3 is 2.46 bits per heavy atom. The fraction of sp³-hybridized carbons (Fsp3) is 0.312. The molecular weight excluding hydrogens is 333 g/mol. The Morgan fingerprint density at radius 2 is 1.79 bits per heavy atom. The first-order valence-corrected chi connectivity index (χ1v) is 9.86. The molecule has 0 bridgehead atoms. The second-order valence-corrected chi connectivity index (χ2v) is 10.6. The summed E-state index contributed by atoms with van der Waals surface area (Å²) >= 11 is 0. The lowest BCUT2D eigenvalue weighted by Crippen LogP contribution is -2.41. The molecule has 0 unspecified atom stereocenters. The zero-order chi connectivity index (χ0) is 17.6. The molecule has 0 aromatic carbocycles. The Kier molecular flexibility index (Phi) is 3.95. The minimum Gasteiger partial charge on any atom is -0.260 e. The fourth-order valence-electron chi connectivity index (χ4n) is 2.54. The van der Waals surface area contributed by atoms with E-state index in [1.807, 2.05) is 20.8 Å². The summed E-state index contributed by atoms with van der Waals surface area (Å²) in [5.74, 6) is -3.33. The summed E-state index contributed by atoms with van der Waals surface area (Å²) in [7, 11) is -2.13. The Balaban J connectivity index is 2.29. The molecule has 0 saturated carbocycles. The fourth-order valence-corrected chi connectivity index (χ4v) is 4.42. The van der Waals surface area contributed by atoms with E-state index in [9.17, 15) is 8.78 Å². The molecule has 0 radical (unpaired) electrons. The number of H-pyrrole nitrogens is 1. The Labute approximate surface area is 138 Å². The lowest BCUT2D eigenvalue weighted by Gasteiger charge is -2.27. The minimum atomic E-state index is -2.13. The summed E-state index contributed by atoms with van der Waals surface area (Å²) in [6.45, 7) is 7.49. The van der Waals surface area contributed by atoms with Gasteiger partial charge >= 0.3 is 0 Å². The number of halogens is 3. The highest BCUT2D eigenvalue weighted by Gasteiger charge is 2.33. The number of nitrogens with one attached hydrogen (secondary N) is 1. The highest BCUT2D eigenvalue weighted by molar-refractivity contribution is 6.74. The topological polar surface area (TPSA) is 54.5 Å². The second-order valence-electron chi connectivity index (χ2n) is 6.85. The zero-order valence-corrected chi connectivity index (χ0v) is 14.9. The molecule has 1 atom stereocenters. The lowest BCUT2D eigenvalue weighted by molar-refractivity contribution is 0.473. The van der Waals surface area contributed by atoms with Gasteiger partial charge in [0.2, 0.25) is 5.95 Å². The molecular formula is C16H17F3N4Si. The highest BCUT2D eigenvalue weighted by atomic mass is 28.3.